The van der Waals surface area contributed by atoms with Crippen LogP contribution >= 0.6 is 0 Å². The average molecular weight is 666 g/mol. The van der Waals surface area contributed by atoms with Crippen molar-refractivity contribution in [1.82, 2.24) is 34.9 Å². The Hall–Kier alpha value is -7.25. The molecule has 5 heterocycles. The molecule has 0 N–H and O–H groups in total. The van der Waals surface area contributed by atoms with Crippen LogP contribution in [0.1, 0.15) is 0 Å². The number of hydrogen-bond donors (Lipinski definition) is 0. The first-order valence-electron chi connectivity index (χ1n) is 17.0. The van der Waals surface area contributed by atoms with Gasteiger partial charge in [0.2, 0.25) is 0 Å². The zero-order chi connectivity index (χ0) is 34.4. The fourth-order valence-electron chi connectivity index (χ4n) is 6.76. The second kappa shape index (κ2) is 12.3. The largest absolute Gasteiger partial charge is 0.254 e. The molecule has 7 nitrogen and oxygen atoms in total. The molecule has 0 aliphatic carbocycles. The Balaban J connectivity index is 0.993. The zero-order valence-corrected chi connectivity index (χ0v) is 27.7. The van der Waals surface area contributed by atoms with Crippen LogP contribution in [-0.4, -0.2) is 34.9 Å². The minimum atomic E-state index is 0.605. The van der Waals surface area contributed by atoms with Gasteiger partial charge in [0, 0.05) is 74.1 Å². The second-order valence-electron chi connectivity index (χ2n) is 12.7. The highest BCUT2D eigenvalue weighted by molar-refractivity contribution is 6.04. The highest BCUT2D eigenvalue weighted by Crippen LogP contribution is 2.31. The van der Waals surface area contributed by atoms with Gasteiger partial charge in [-0.1, -0.05) is 115 Å². The van der Waals surface area contributed by atoms with Crippen molar-refractivity contribution in [3.8, 4) is 56.4 Å². The molecule has 242 valence electrons. The van der Waals surface area contributed by atoms with E-state index in [1.165, 1.54) is 0 Å². The Morgan fingerprint density at radius 3 is 1.12 bits per heavy atom. The summed E-state index contributed by atoms with van der Waals surface area (Å²) < 4.78 is 0. The quantitative estimate of drug-likeness (QED) is 0.169. The first kappa shape index (κ1) is 29.6. The second-order valence-corrected chi connectivity index (χ2v) is 12.7. The monoisotopic (exact) mass is 665 g/mol. The van der Waals surface area contributed by atoms with Crippen LogP contribution in [0.5, 0.6) is 0 Å². The summed E-state index contributed by atoms with van der Waals surface area (Å²) in [6, 6.07) is 47.4. The van der Waals surface area contributed by atoms with Gasteiger partial charge in [-0.3, -0.25) is 19.9 Å². The third-order valence-electron chi connectivity index (χ3n) is 9.47. The van der Waals surface area contributed by atoms with E-state index in [1.807, 2.05) is 67.3 Å². The number of nitrogens with zero attached hydrogens (tertiary/aromatic N) is 7. The van der Waals surface area contributed by atoms with Crippen molar-refractivity contribution in [2.24, 2.45) is 0 Å². The molecule has 0 unspecified atom stereocenters. The molecule has 0 radical (unpaired) electrons. The van der Waals surface area contributed by atoms with Crippen molar-refractivity contribution < 1.29 is 0 Å². The molecule has 0 bridgehead atoms. The van der Waals surface area contributed by atoms with Gasteiger partial charge in [0.25, 0.3) is 0 Å². The lowest BCUT2D eigenvalue weighted by molar-refractivity contribution is 1.07. The van der Waals surface area contributed by atoms with Crippen LogP contribution in [0, 0.1) is 0 Å². The van der Waals surface area contributed by atoms with E-state index in [-0.39, 0.29) is 0 Å². The molecular formula is C45H27N7. The summed E-state index contributed by atoms with van der Waals surface area (Å²) in [6.45, 7) is 0. The number of fused-ring (bicyclic) bond motifs is 6. The van der Waals surface area contributed by atoms with E-state index >= 15 is 0 Å². The normalized spacial score (nSPS) is 11.5. The maximum atomic E-state index is 4.98. The Morgan fingerprint density at radius 1 is 0.269 bits per heavy atom. The van der Waals surface area contributed by atoms with Crippen molar-refractivity contribution >= 4 is 43.6 Å². The van der Waals surface area contributed by atoms with Gasteiger partial charge in [0.15, 0.2) is 17.5 Å². The lowest BCUT2D eigenvalue weighted by Gasteiger charge is -2.10. The SMILES string of the molecule is c1ccc(-c2nc(-c3ccc(-c4cnc5c(ccc6cccnc65)c4)cc3)nc(-c3ccc(-c4cnc5c(ccc6cccnc65)c4)cc3)n2)cc1. The van der Waals surface area contributed by atoms with E-state index in [4.69, 9.17) is 24.9 Å². The zero-order valence-electron chi connectivity index (χ0n) is 27.7. The molecule has 0 saturated carbocycles. The predicted molar refractivity (Wildman–Crippen MR) is 208 cm³/mol. The van der Waals surface area contributed by atoms with E-state index in [0.29, 0.717) is 17.5 Å². The standard InChI is InChI=1S/C45H27N7/c1-2-6-32(7-3-1)43-50-44(33-16-10-28(11-17-33)37-24-35-20-14-30-8-4-22-46-39(30)41(35)48-26-37)52-45(51-43)34-18-12-29(13-19-34)38-25-36-21-15-31-9-5-23-47-40(31)42(36)49-27-38/h1-27H. The fraction of sp³-hybridized carbons (Fsp3) is 0. The van der Waals surface area contributed by atoms with Gasteiger partial charge in [-0.05, 0) is 35.4 Å². The summed E-state index contributed by atoms with van der Waals surface area (Å²) in [4.78, 5) is 33.6. The molecule has 0 amide bonds. The van der Waals surface area contributed by atoms with E-state index in [1.54, 1.807) is 0 Å². The van der Waals surface area contributed by atoms with Crippen LogP contribution in [0.3, 0.4) is 0 Å². The van der Waals surface area contributed by atoms with E-state index in [2.05, 4.69) is 107 Å². The van der Waals surface area contributed by atoms with Crippen molar-refractivity contribution in [1.29, 1.82) is 0 Å². The first-order chi connectivity index (χ1) is 25.7. The van der Waals surface area contributed by atoms with Gasteiger partial charge in [0.1, 0.15) is 0 Å². The molecule has 0 fully saturated rings. The van der Waals surface area contributed by atoms with Crippen LogP contribution in [0.4, 0.5) is 0 Å². The summed E-state index contributed by atoms with van der Waals surface area (Å²) in [5.74, 6) is 1.83. The van der Waals surface area contributed by atoms with Crippen LogP contribution in [0.15, 0.2) is 164 Å². The number of benzene rings is 5. The Morgan fingerprint density at radius 2 is 0.654 bits per heavy atom. The topological polar surface area (TPSA) is 90.2 Å². The van der Waals surface area contributed by atoms with E-state index in [9.17, 15) is 0 Å². The third kappa shape index (κ3) is 5.28. The van der Waals surface area contributed by atoms with Crippen molar-refractivity contribution in [3.05, 3.63) is 164 Å². The van der Waals surface area contributed by atoms with Crippen molar-refractivity contribution in [2.75, 3.05) is 0 Å². The third-order valence-corrected chi connectivity index (χ3v) is 9.47. The van der Waals surface area contributed by atoms with E-state index < -0.39 is 0 Å². The Kier molecular flexibility index (Phi) is 6.99. The first-order valence-corrected chi connectivity index (χ1v) is 17.0. The van der Waals surface area contributed by atoms with Crippen molar-refractivity contribution in [3.63, 3.8) is 0 Å². The summed E-state index contributed by atoms with van der Waals surface area (Å²) in [6.07, 6.45) is 7.45. The van der Waals surface area contributed by atoms with Crippen molar-refractivity contribution in [2.45, 2.75) is 0 Å². The van der Waals surface area contributed by atoms with Gasteiger partial charge in [0.05, 0.1) is 22.1 Å². The molecule has 0 aliphatic rings. The smallest absolute Gasteiger partial charge is 0.164 e. The lowest BCUT2D eigenvalue weighted by Crippen LogP contribution is -2.00. The van der Waals surface area contributed by atoms with Gasteiger partial charge in [-0.15, -0.1) is 0 Å². The van der Waals surface area contributed by atoms with Gasteiger partial charge < -0.3 is 0 Å². The molecular weight excluding hydrogens is 639 g/mol. The Bertz CT molecular complexity index is 2760. The summed E-state index contributed by atoms with van der Waals surface area (Å²) >= 11 is 0. The highest BCUT2D eigenvalue weighted by atomic mass is 15.0. The number of pyridine rings is 4. The molecule has 7 heteroatoms. The summed E-state index contributed by atoms with van der Waals surface area (Å²) in [5, 5.41) is 4.26. The van der Waals surface area contributed by atoms with Crippen LogP contribution in [0.2, 0.25) is 0 Å². The molecule has 0 atom stereocenters. The maximum Gasteiger partial charge on any atom is 0.164 e. The van der Waals surface area contributed by atoms with Gasteiger partial charge in [-0.2, -0.15) is 0 Å². The minimum Gasteiger partial charge on any atom is -0.254 e. The van der Waals surface area contributed by atoms with Crippen LogP contribution in [-0.2, 0) is 0 Å². The van der Waals surface area contributed by atoms with E-state index in [0.717, 1.165) is 82.6 Å². The van der Waals surface area contributed by atoms with Gasteiger partial charge in [-0.25, -0.2) is 15.0 Å². The number of aromatic nitrogens is 7. The molecule has 0 saturated heterocycles. The van der Waals surface area contributed by atoms with Crippen LogP contribution in [0.25, 0.3) is 100 Å². The molecule has 52 heavy (non-hydrogen) atoms. The summed E-state index contributed by atoms with van der Waals surface area (Å²) in [7, 11) is 0. The molecule has 0 aliphatic heterocycles. The molecule has 10 aromatic rings. The number of hydrogen-bond acceptors (Lipinski definition) is 7. The number of rotatable bonds is 5. The fourth-order valence-corrected chi connectivity index (χ4v) is 6.76. The molecule has 5 aromatic heterocycles. The lowest BCUT2D eigenvalue weighted by atomic mass is 10.0. The average Bonchev–Trinajstić information content (AvgIpc) is 3.23. The minimum absolute atomic E-state index is 0.605. The highest BCUT2D eigenvalue weighted by Gasteiger charge is 2.14. The Labute approximate surface area is 298 Å². The molecule has 5 aromatic carbocycles. The van der Waals surface area contributed by atoms with Gasteiger partial charge >= 0.3 is 0 Å². The summed E-state index contributed by atoms with van der Waals surface area (Å²) in [5.41, 5.74) is 10.5. The maximum absolute atomic E-state index is 4.98. The predicted octanol–water partition coefficient (Wildman–Crippen LogP) is 10.4. The molecule has 10 rings (SSSR count). The molecule has 0 spiro atoms. The van der Waals surface area contributed by atoms with Crippen LogP contribution < -0.4 is 0 Å².